The summed E-state index contributed by atoms with van der Waals surface area (Å²) in [5.74, 6) is 0.507. The van der Waals surface area contributed by atoms with Crippen LogP contribution >= 0.6 is 15.9 Å². The number of rotatable bonds is 4. The van der Waals surface area contributed by atoms with E-state index in [4.69, 9.17) is 9.72 Å². The van der Waals surface area contributed by atoms with Crippen molar-refractivity contribution in [3.63, 3.8) is 0 Å². The number of hydrogen-bond acceptors (Lipinski definition) is 5. The molecule has 1 spiro atoms. The van der Waals surface area contributed by atoms with Gasteiger partial charge in [0.25, 0.3) is 5.56 Å². The van der Waals surface area contributed by atoms with E-state index in [9.17, 15) is 4.79 Å². The smallest absolute Gasteiger partial charge is 0.259 e. The van der Waals surface area contributed by atoms with E-state index in [1.807, 2.05) is 28.8 Å². The van der Waals surface area contributed by atoms with Gasteiger partial charge in [0, 0.05) is 28.1 Å². The summed E-state index contributed by atoms with van der Waals surface area (Å²) in [7, 11) is 0. The van der Waals surface area contributed by atoms with E-state index in [0.717, 1.165) is 71.8 Å². The molecule has 0 bridgehead atoms. The highest BCUT2D eigenvalue weighted by atomic mass is 79.9. The van der Waals surface area contributed by atoms with Gasteiger partial charge in [0.05, 0.1) is 23.1 Å². The van der Waals surface area contributed by atoms with E-state index in [0.29, 0.717) is 12.6 Å². The van der Waals surface area contributed by atoms with Gasteiger partial charge < -0.3 is 4.74 Å². The van der Waals surface area contributed by atoms with Crippen molar-refractivity contribution >= 4 is 28.1 Å². The van der Waals surface area contributed by atoms with Gasteiger partial charge in [-0.05, 0) is 69.2 Å². The molecule has 3 aromatic rings. The number of hydrazone groups is 1. The van der Waals surface area contributed by atoms with Gasteiger partial charge in [-0.25, -0.2) is 10.4 Å². The second-order valence-electron chi connectivity index (χ2n) is 11.7. The van der Waals surface area contributed by atoms with Crippen molar-refractivity contribution in [2.75, 3.05) is 12.0 Å². The Morgan fingerprint density at radius 2 is 1.87 bits per heavy atom. The fourth-order valence-corrected chi connectivity index (χ4v) is 7.04. The molecule has 198 valence electrons. The molecule has 2 aliphatic carbocycles. The first-order valence-corrected chi connectivity index (χ1v) is 14.6. The van der Waals surface area contributed by atoms with Crippen molar-refractivity contribution in [2.24, 2.45) is 5.10 Å². The number of ether oxygens (including phenoxy) is 1. The zero-order valence-corrected chi connectivity index (χ0v) is 23.8. The Morgan fingerprint density at radius 1 is 1.11 bits per heavy atom. The molecule has 1 saturated carbocycles. The van der Waals surface area contributed by atoms with Gasteiger partial charge in [0.15, 0.2) is 0 Å². The summed E-state index contributed by atoms with van der Waals surface area (Å²) >= 11 is 3.48. The first kappa shape index (κ1) is 25.5. The van der Waals surface area contributed by atoms with E-state index in [-0.39, 0.29) is 22.6 Å². The van der Waals surface area contributed by atoms with Gasteiger partial charge >= 0.3 is 0 Å². The van der Waals surface area contributed by atoms with Crippen LogP contribution in [-0.2, 0) is 16.6 Å². The van der Waals surface area contributed by atoms with Crippen molar-refractivity contribution in [2.45, 2.75) is 82.3 Å². The Balaban J connectivity index is 1.51. The van der Waals surface area contributed by atoms with Crippen molar-refractivity contribution in [3.8, 4) is 11.3 Å². The minimum Gasteiger partial charge on any atom is -0.375 e. The third kappa shape index (κ3) is 4.75. The summed E-state index contributed by atoms with van der Waals surface area (Å²) in [6.07, 6.45) is 9.84. The zero-order valence-electron chi connectivity index (χ0n) is 22.2. The molecule has 1 N–H and O–H groups in total. The highest BCUT2D eigenvalue weighted by molar-refractivity contribution is 9.10. The predicted octanol–water partition coefficient (Wildman–Crippen LogP) is 7.01. The summed E-state index contributed by atoms with van der Waals surface area (Å²) in [6, 6.07) is 16.4. The van der Waals surface area contributed by atoms with Crippen LogP contribution in [0.25, 0.3) is 11.3 Å². The average molecular weight is 576 g/mol. The maximum Gasteiger partial charge on any atom is 0.259 e. The quantitative estimate of drug-likeness (QED) is 0.269. The summed E-state index contributed by atoms with van der Waals surface area (Å²) < 4.78 is 8.95. The Morgan fingerprint density at radius 3 is 2.63 bits per heavy atom. The zero-order chi connectivity index (χ0) is 26.3. The van der Waals surface area contributed by atoms with Crippen molar-refractivity contribution < 1.29 is 4.74 Å². The number of nitrogens with zero attached hydrogens (tertiary/aromatic N) is 3. The van der Waals surface area contributed by atoms with Gasteiger partial charge in [0.1, 0.15) is 0 Å². The highest BCUT2D eigenvalue weighted by Gasteiger charge is 2.44. The molecule has 2 heterocycles. The lowest BCUT2D eigenvalue weighted by Gasteiger charge is -2.43. The molecule has 7 heteroatoms. The van der Waals surface area contributed by atoms with E-state index >= 15 is 0 Å². The topological polar surface area (TPSA) is 68.5 Å². The molecule has 1 unspecified atom stereocenters. The molecule has 2 fully saturated rings. The highest BCUT2D eigenvalue weighted by Crippen LogP contribution is 2.49. The van der Waals surface area contributed by atoms with Gasteiger partial charge in [-0.15, -0.1) is 0 Å². The van der Waals surface area contributed by atoms with Gasteiger partial charge in [-0.3, -0.25) is 9.36 Å². The number of benzene rings is 2. The third-order valence-corrected chi connectivity index (χ3v) is 9.07. The second kappa shape index (κ2) is 10.1. The maximum absolute atomic E-state index is 14.7. The lowest BCUT2D eigenvalue weighted by atomic mass is 9.62. The van der Waals surface area contributed by atoms with Crippen LogP contribution in [0.2, 0.25) is 0 Å². The fourth-order valence-electron chi connectivity index (χ4n) is 6.77. The normalized spacial score (nSPS) is 21.7. The van der Waals surface area contributed by atoms with Crippen molar-refractivity contribution in [3.05, 3.63) is 80.0 Å². The average Bonchev–Trinajstić information content (AvgIpc) is 2.89. The Kier molecular flexibility index (Phi) is 6.77. The minimum atomic E-state index is -0.300. The van der Waals surface area contributed by atoms with Crippen LogP contribution in [0.3, 0.4) is 0 Å². The number of fused-ring (bicyclic) bond motifs is 4. The summed E-state index contributed by atoms with van der Waals surface area (Å²) in [5.41, 5.74) is 7.92. The van der Waals surface area contributed by atoms with Crippen LogP contribution in [0.15, 0.2) is 62.9 Å². The summed E-state index contributed by atoms with van der Waals surface area (Å²) in [5, 5.41) is 4.54. The van der Waals surface area contributed by atoms with Crippen LogP contribution in [0.1, 0.15) is 81.5 Å². The minimum absolute atomic E-state index is 0.00718. The molecule has 6 nitrogen and oxygen atoms in total. The molecular weight excluding hydrogens is 540 g/mol. The SMILES string of the molecule is CC1(C)CC(n2c(NN=Cc3ccc(Br)cc3)nc3c(c2=O)C2(CCCCC2)Cc2ccccc2-3)CCO1. The Bertz CT molecular complexity index is 1420. The predicted molar refractivity (Wildman–Crippen MR) is 156 cm³/mol. The monoisotopic (exact) mass is 574 g/mol. The summed E-state index contributed by atoms with van der Waals surface area (Å²) in [6.45, 7) is 4.83. The molecule has 1 saturated heterocycles. The lowest BCUT2D eigenvalue weighted by molar-refractivity contribution is -0.0694. The maximum atomic E-state index is 14.7. The van der Waals surface area contributed by atoms with Gasteiger partial charge in [-0.1, -0.05) is 71.6 Å². The Hall–Kier alpha value is -2.77. The molecular formula is C31H35BrN4O2. The molecule has 0 radical (unpaired) electrons. The molecule has 1 atom stereocenters. The summed E-state index contributed by atoms with van der Waals surface area (Å²) in [4.78, 5) is 19.9. The molecule has 3 aliphatic rings. The third-order valence-electron chi connectivity index (χ3n) is 8.54. The number of hydrogen-bond donors (Lipinski definition) is 1. The van der Waals surface area contributed by atoms with Crippen LogP contribution < -0.4 is 11.0 Å². The largest absolute Gasteiger partial charge is 0.375 e. The lowest BCUT2D eigenvalue weighted by Crippen LogP contribution is -2.45. The van der Waals surface area contributed by atoms with E-state index < -0.39 is 0 Å². The Labute approximate surface area is 232 Å². The van der Waals surface area contributed by atoms with Crippen molar-refractivity contribution in [1.82, 2.24) is 9.55 Å². The first-order valence-electron chi connectivity index (χ1n) is 13.8. The molecule has 1 aromatic heterocycles. The van der Waals surface area contributed by atoms with E-state index in [1.54, 1.807) is 6.21 Å². The number of anilines is 1. The van der Waals surface area contributed by atoms with Gasteiger partial charge in [0.2, 0.25) is 5.95 Å². The first-order chi connectivity index (χ1) is 18.4. The van der Waals surface area contributed by atoms with Crippen LogP contribution in [0.5, 0.6) is 0 Å². The molecule has 2 aromatic carbocycles. The van der Waals surface area contributed by atoms with Crippen LogP contribution in [0.4, 0.5) is 5.95 Å². The van der Waals surface area contributed by atoms with E-state index in [1.165, 1.54) is 12.0 Å². The van der Waals surface area contributed by atoms with Crippen LogP contribution in [-0.4, -0.2) is 28.0 Å². The second-order valence-corrected chi connectivity index (χ2v) is 12.6. The molecule has 0 amide bonds. The van der Waals surface area contributed by atoms with E-state index in [2.05, 4.69) is 64.6 Å². The standard InChI is InChI=1S/C31H35BrN4O2/c1-30(2)19-24(14-17-38-30)36-28(37)26-27(34-29(36)35-33-20-21-10-12-23(32)13-11-21)25-9-5-4-8-22(25)18-31(26)15-6-3-7-16-31/h4-5,8-13,20,24H,3,6-7,14-19H2,1-2H3,(H,34,35). The van der Waals surface area contributed by atoms with Gasteiger partial charge in [-0.2, -0.15) is 5.10 Å². The number of nitrogens with one attached hydrogen (secondary N) is 1. The van der Waals surface area contributed by atoms with Crippen LogP contribution in [0, 0.1) is 0 Å². The molecule has 6 rings (SSSR count). The molecule has 38 heavy (non-hydrogen) atoms. The number of halogens is 1. The van der Waals surface area contributed by atoms with Crippen molar-refractivity contribution in [1.29, 1.82) is 0 Å². The molecule has 1 aliphatic heterocycles. The fraction of sp³-hybridized carbons (Fsp3) is 0.452. The number of aromatic nitrogens is 2.